The zero-order chi connectivity index (χ0) is 18.1. The highest BCUT2D eigenvalue weighted by Gasteiger charge is 2.33. The molecule has 0 bridgehead atoms. The Bertz CT molecular complexity index is 824. The number of nitro benzene ring substituents is 1. The number of benzene rings is 2. The first-order chi connectivity index (χ1) is 11.1. The van der Waals surface area contributed by atoms with Crippen LogP contribution in [0.1, 0.15) is 15.9 Å². The summed E-state index contributed by atoms with van der Waals surface area (Å²) in [6.45, 7) is 0. The fourth-order valence-electron chi connectivity index (χ4n) is 1.81. The molecule has 2 rings (SSSR count). The van der Waals surface area contributed by atoms with Crippen LogP contribution in [-0.2, 0) is 6.18 Å². The molecule has 0 heterocycles. The van der Waals surface area contributed by atoms with Crippen molar-refractivity contribution in [2.24, 2.45) is 0 Å². The summed E-state index contributed by atoms with van der Waals surface area (Å²) >= 11 is 11.6. The molecular formula is C14H6Cl2F3NO4. The molecule has 0 aliphatic carbocycles. The number of aldehydes is 1. The lowest BCUT2D eigenvalue weighted by Gasteiger charge is -2.12. The van der Waals surface area contributed by atoms with Crippen molar-refractivity contribution < 1.29 is 27.6 Å². The van der Waals surface area contributed by atoms with E-state index in [0.717, 1.165) is 6.07 Å². The van der Waals surface area contributed by atoms with Crippen molar-refractivity contribution in [3.63, 3.8) is 0 Å². The summed E-state index contributed by atoms with van der Waals surface area (Å²) in [4.78, 5) is 21.0. The van der Waals surface area contributed by atoms with Crippen molar-refractivity contribution in [2.45, 2.75) is 6.18 Å². The smallest absolute Gasteiger partial charge is 0.416 e. The standard InChI is InChI=1S/C14H6Cl2F3NO4/c15-9-3-7(6-21)13(10(16)5-9)24-12-2-1-8(14(17,18)19)4-11(12)20(22)23/h1-6H. The fourth-order valence-corrected chi connectivity index (χ4v) is 2.36. The number of hydrogen-bond donors (Lipinski definition) is 0. The molecule has 0 aliphatic rings. The van der Waals surface area contributed by atoms with Gasteiger partial charge in [0.15, 0.2) is 12.0 Å². The number of rotatable bonds is 4. The average Bonchev–Trinajstić information content (AvgIpc) is 2.48. The molecule has 0 unspecified atom stereocenters. The molecule has 0 amide bonds. The van der Waals surface area contributed by atoms with Crippen LogP contribution in [0.4, 0.5) is 18.9 Å². The molecule has 0 aromatic heterocycles. The van der Waals surface area contributed by atoms with Gasteiger partial charge in [-0.3, -0.25) is 14.9 Å². The first kappa shape index (κ1) is 18.0. The van der Waals surface area contributed by atoms with E-state index in [4.69, 9.17) is 27.9 Å². The van der Waals surface area contributed by atoms with Gasteiger partial charge in [0.05, 0.1) is 21.1 Å². The molecule has 5 nitrogen and oxygen atoms in total. The van der Waals surface area contributed by atoms with Gasteiger partial charge in [0.1, 0.15) is 0 Å². The predicted molar refractivity (Wildman–Crippen MR) is 80.0 cm³/mol. The van der Waals surface area contributed by atoms with E-state index in [1.807, 2.05) is 0 Å². The van der Waals surface area contributed by atoms with Crippen molar-refractivity contribution in [1.82, 2.24) is 0 Å². The van der Waals surface area contributed by atoms with Crippen LogP contribution in [-0.4, -0.2) is 11.2 Å². The van der Waals surface area contributed by atoms with Gasteiger partial charge in [-0.1, -0.05) is 23.2 Å². The Kier molecular flexibility index (Phi) is 5.00. The number of nitro groups is 1. The number of hydrogen-bond acceptors (Lipinski definition) is 4. The fraction of sp³-hybridized carbons (Fsp3) is 0.0714. The largest absolute Gasteiger partial charge is 0.448 e. The van der Waals surface area contributed by atoms with E-state index in [-0.39, 0.29) is 21.4 Å². The van der Waals surface area contributed by atoms with Crippen LogP contribution in [0.25, 0.3) is 0 Å². The molecule has 0 atom stereocenters. The second kappa shape index (κ2) is 6.66. The zero-order valence-corrected chi connectivity index (χ0v) is 12.9. The molecule has 0 saturated carbocycles. The molecule has 0 radical (unpaired) electrons. The maximum atomic E-state index is 12.7. The number of ether oxygens (including phenoxy) is 1. The van der Waals surface area contributed by atoms with Gasteiger partial charge in [0, 0.05) is 11.1 Å². The summed E-state index contributed by atoms with van der Waals surface area (Å²) in [6, 6.07) is 4.15. The summed E-state index contributed by atoms with van der Waals surface area (Å²) in [5, 5.41) is 11.0. The number of carbonyl (C=O) groups excluding carboxylic acids is 1. The topological polar surface area (TPSA) is 69.4 Å². The second-order valence-electron chi connectivity index (χ2n) is 4.46. The van der Waals surface area contributed by atoms with E-state index < -0.39 is 28.1 Å². The van der Waals surface area contributed by atoms with E-state index in [2.05, 4.69) is 0 Å². The van der Waals surface area contributed by atoms with Crippen molar-refractivity contribution in [1.29, 1.82) is 0 Å². The van der Waals surface area contributed by atoms with Gasteiger partial charge in [0.2, 0.25) is 5.75 Å². The van der Waals surface area contributed by atoms with Gasteiger partial charge in [-0.05, 0) is 24.3 Å². The van der Waals surface area contributed by atoms with Crippen LogP contribution in [0.15, 0.2) is 30.3 Å². The number of halogens is 5. The Morgan fingerprint density at radius 1 is 1.17 bits per heavy atom. The number of nitrogens with zero attached hydrogens (tertiary/aromatic N) is 1. The van der Waals surface area contributed by atoms with Crippen LogP contribution >= 0.6 is 23.2 Å². The number of carbonyl (C=O) groups is 1. The predicted octanol–water partition coefficient (Wildman–Crippen LogP) is 5.53. The lowest BCUT2D eigenvalue weighted by Crippen LogP contribution is -2.06. The summed E-state index contributed by atoms with van der Waals surface area (Å²) in [5.74, 6) is -0.751. The summed E-state index contributed by atoms with van der Waals surface area (Å²) in [5.41, 5.74) is -2.24. The highest BCUT2D eigenvalue weighted by atomic mass is 35.5. The highest BCUT2D eigenvalue weighted by Crippen LogP contribution is 2.41. The molecule has 10 heteroatoms. The van der Waals surface area contributed by atoms with Crippen LogP contribution < -0.4 is 4.74 Å². The van der Waals surface area contributed by atoms with Crippen molar-refractivity contribution in [2.75, 3.05) is 0 Å². The first-order valence-corrected chi connectivity index (χ1v) is 6.86. The lowest BCUT2D eigenvalue weighted by molar-refractivity contribution is -0.385. The van der Waals surface area contributed by atoms with E-state index >= 15 is 0 Å². The van der Waals surface area contributed by atoms with Gasteiger partial charge in [-0.25, -0.2) is 0 Å². The average molecular weight is 380 g/mol. The van der Waals surface area contributed by atoms with Crippen LogP contribution in [0.2, 0.25) is 10.0 Å². The Morgan fingerprint density at radius 2 is 1.83 bits per heavy atom. The van der Waals surface area contributed by atoms with Crippen molar-refractivity contribution >= 4 is 35.2 Å². The number of alkyl halides is 3. The molecule has 126 valence electrons. The Hall–Kier alpha value is -2.32. The van der Waals surface area contributed by atoms with Crippen LogP contribution in [0.5, 0.6) is 11.5 Å². The van der Waals surface area contributed by atoms with Gasteiger partial charge in [-0.15, -0.1) is 0 Å². The molecular weight excluding hydrogens is 374 g/mol. The van der Waals surface area contributed by atoms with Gasteiger partial charge in [-0.2, -0.15) is 13.2 Å². The molecule has 0 aliphatic heterocycles. The maximum absolute atomic E-state index is 12.7. The van der Waals surface area contributed by atoms with Gasteiger partial charge >= 0.3 is 11.9 Å². The minimum atomic E-state index is -4.75. The third-order valence-electron chi connectivity index (χ3n) is 2.86. The Morgan fingerprint density at radius 3 is 2.38 bits per heavy atom. The maximum Gasteiger partial charge on any atom is 0.416 e. The van der Waals surface area contributed by atoms with Crippen LogP contribution in [0, 0.1) is 10.1 Å². The Labute approximate surface area is 142 Å². The molecule has 2 aromatic carbocycles. The normalized spacial score (nSPS) is 11.2. The summed E-state index contributed by atoms with van der Waals surface area (Å²) in [6.07, 6.45) is -4.40. The van der Waals surface area contributed by atoms with E-state index in [1.165, 1.54) is 12.1 Å². The van der Waals surface area contributed by atoms with E-state index in [1.54, 1.807) is 0 Å². The van der Waals surface area contributed by atoms with E-state index in [9.17, 15) is 28.1 Å². The third kappa shape index (κ3) is 3.77. The van der Waals surface area contributed by atoms with Gasteiger partial charge in [0.25, 0.3) is 0 Å². The van der Waals surface area contributed by atoms with Gasteiger partial charge < -0.3 is 4.74 Å². The Balaban J connectivity index is 2.55. The van der Waals surface area contributed by atoms with Crippen molar-refractivity contribution in [3.05, 3.63) is 61.6 Å². The molecule has 0 saturated heterocycles. The minimum absolute atomic E-state index is 0.110. The second-order valence-corrected chi connectivity index (χ2v) is 5.31. The molecule has 2 aromatic rings. The molecule has 0 fully saturated rings. The monoisotopic (exact) mass is 379 g/mol. The quantitative estimate of drug-likeness (QED) is 0.398. The lowest BCUT2D eigenvalue weighted by atomic mass is 10.1. The molecule has 0 N–H and O–H groups in total. The van der Waals surface area contributed by atoms with Crippen molar-refractivity contribution in [3.8, 4) is 11.5 Å². The highest BCUT2D eigenvalue weighted by molar-refractivity contribution is 6.36. The molecule has 24 heavy (non-hydrogen) atoms. The third-order valence-corrected chi connectivity index (χ3v) is 3.36. The summed E-state index contributed by atoms with van der Waals surface area (Å²) < 4.78 is 43.2. The van der Waals surface area contributed by atoms with Crippen LogP contribution in [0.3, 0.4) is 0 Å². The minimum Gasteiger partial charge on any atom is -0.448 e. The SMILES string of the molecule is O=Cc1cc(Cl)cc(Cl)c1Oc1ccc(C(F)(F)F)cc1[N+](=O)[O-]. The summed E-state index contributed by atoms with van der Waals surface area (Å²) in [7, 11) is 0. The first-order valence-electron chi connectivity index (χ1n) is 6.11. The molecule has 0 spiro atoms. The zero-order valence-electron chi connectivity index (χ0n) is 11.4. The van der Waals surface area contributed by atoms with E-state index in [0.29, 0.717) is 18.4 Å².